The van der Waals surface area contributed by atoms with Crippen LogP contribution in [0.4, 0.5) is 0 Å². The van der Waals surface area contributed by atoms with Gasteiger partial charge in [-0.05, 0) is 136 Å². The van der Waals surface area contributed by atoms with Gasteiger partial charge in [-0.2, -0.15) is 0 Å². The number of hydrogen-bond donors (Lipinski definition) is 1. The van der Waals surface area contributed by atoms with Gasteiger partial charge in [-0.1, -0.05) is 39.8 Å². The minimum absolute atomic E-state index is 0.0173. The Morgan fingerprint density at radius 3 is 2.37 bits per heavy atom. The Labute approximate surface area is 187 Å². The SMILES string of the molecule is C=C(C)C(CC)CC[C@@H](C)[C@H]1CC[C@H]2[C@@H]3CC[C@H]4C[C@@H](O)CC[C@]4(C)[C@H]3CC[C@]12C. The minimum Gasteiger partial charge on any atom is -0.393 e. The summed E-state index contributed by atoms with van der Waals surface area (Å²) >= 11 is 0. The zero-order valence-corrected chi connectivity index (χ0v) is 20.8. The van der Waals surface area contributed by atoms with E-state index >= 15 is 0 Å². The van der Waals surface area contributed by atoms with Gasteiger partial charge in [0.15, 0.2) is 0 Å². The average Bonchev–Trinajstić information content (AvgIpc) is 3.06. The van der Waals surface area contributed by atoms with E-state index in [2.05, 4.69) is 41.2 Å². The molecule has 0 aromatic heterocycles. The molecule has 0 amide bonds. The zero-order chi connectivity index (χ0) is 21.7. The highest BCUT2D eigenvalue weighted by Crippen LogP contribution is 2.68. The highest BCUT2D eigenvalue weighted by molar-refractivity contribution is 5.09. The van der Waals surface area contributed by atoms with E-state index in [1.54, 1.807) is 0 Å². The maximum Gasteiger partial charge on any atom is 0.0543 e. The van der Waals surface area contributed by atoms with E-state index < -0.39 is 0 Å². The van der Waals surface area contributed by atoms with E-state index in [0.29, 0.717) is 10.8 Å². The van der Waals surface area contributed by atoms with Crippen molar-refractivity contribution in [2.75, 3.05) is 0 Å². The predicted molar refractivity (Wildman–Crippen MR) is 128 cm³/mol. The summed E-state index contributed by atoms with van der Waals surface area (Å²) in [5.74, 6) is 6.18. The summed E-state index contributed by atoms with van der Waals surface area (Å²) < 4.78 is 0. The van der Waals surface area contributed by atoms with Crippen LogP contribution in [0, 0.1) is 52.3 Å². The standard InChI is InChI=1S/C29H50O/c1-7-21(19(2)3)9-8-20(4)25-12-13-26-24-11-10-22-18-23(30)14-16-28(22,5)27(24)15-17-29(25,26)6/h20-27,30H,2,7-18H2,1,3-6H3/t20-,21?,22+,23+,24+,25-,26+,27+,28+,29-/m1/s1. The second-order valence-corrected chi connectivity index (χ2v) is 12.8. The summed E-state index contributed by atoms with van der Waals surface area (Å²) in [6.45, 7) is 16.7. The number of fused-ring (bicyclic) bond motifs is 5. The highest BCUT2D eigenvalue weighted by Gasteiger charge is 2.60. The Hall–Kier alpha value is -0.300. The second-order valence-electron chi connectivity index (χ2n) is 12.8. The van der Waals surface area contributed by atoms with Crippen LogP contribution in [0.3, 0.4) is 0 Å². The largest absolute Gasteiger partial charge is 0.393 e. The quantitative estimate of drug-likeness (QED) is 0.436. The third-order valence-corrected chi connectivity index (χ3v) is 11.6. The zero-order valence-electron chi connectivity index (χ0n) is 20.8. The monoisotopic (exact) mass is 414 g/mol. The van der Waals surface area contributed by atoms with Gasteiger partial charge >= 0.3 is 0 Å². The van der Waals surface area contributed by atoms with Gasteiger partial charge in [0.05, 0.1) is 6.10 Å². The van der Waals surface area contributed by atoms with Crippen LogP contribution in [0.1, 0.15) is 112 Å². The van der Waals surface area contributed by atoms with Gasteiger partial charge < -0.3 is 5.11 Å². The van der Waals surface area contributed by atoms with Crippen molar-refractivity contribution < 1.29 is 5.11 Å². The summed E-state index contributed by atoms with van der Waals surface area (Å²) in [7, 11) is 0. The molecule has 1 N–H and O–H groups in total. The molecule has 1 heteroatoms. The van der Waals surface area contributed by atoms with Crippen molar-refractivity contribution in [2.45, 2.75) is 118 Å². The fourth-order valence-electron chi connectivity index (χ4n) is 9.67. The molecule has 10 atom stereocenters. The van der Waals surface area contributed by atoms with Crippen LogP contribution in [-0.4, -0.2) is 11.2 Å². The lowest BCUT2D eigenvalue weighted by atomic mass is 9.44. The maximum absolute atomic E-state index is 10.3. The number of aliphatic hydroxyl groups is 1. The van der Waals surface area contributed by atoms with Gasteiger partial charge in [0.2, 0.25) is 0 Å². The lowest BCUT2D eigenvalue weighted by Crippen LogP contribution is -2.54. The molecule has 1 nitrogen and oxygen atoms in total. The first-order valence-corrected chi connectivity index (χ1v) is 13.5. The lowest BCUT2D eigenvalue weighted by Gasteiger charge is -2.61. The molecular formula is C29H50O. The van der Waals surface area contributed by atoms with Crippen molar-refractivity contribution in [2.24, 2.45) is 52.3 Å². The van der Waals surface area contributed by atoms with Gasteiger partial charge in [-0.25, -0.2) is 0 Å². The molecule has 1 unspecified atom stereocenters. The van der Waals surface area contributed by atoms with E-state index in [9.17, 15) is 5.11 Å². The van der Waals surface area contributed by atoms with Crippen LogP contribution in [0.25, 0.3) is 0 Å². The summed E-state index contributed by atoms with van der Waals surface area (Å²) in [4.78, 5) is 0. The molecule has 4 fully saturated rings. The first-order valence-electron chi connectivity index (χ1n) is 13.5. The average molecular weight is 415 g/mol. The molecule has 4 aliphatic rings. The Balaban J connectivity index is 1.45. The van der Waals surface area contributed by atoms with Crippen LogP contribution in [0.5, 0.6) is 0 Å². The number of hydrogen-bond acceptors (Lipinski definition) is 1. The van der Waals surface area contributed by atoms with E-state index in [0.717, 1.165) is 54.3 Å². The van der Waals surface area contributed by atoms with E-state index in [4.69, 9.17) is 0 Å². The van der Waals surface area contributed by atoms with Crippen molar-refractivity contribution in [1.82, 2.24) is 0 Å². The molecule has 4 rings (SSSR count). The summed E-state index contributed by atoms with van der Waals surface area (Å²) in [5, 5.41) is 10.3. The fourth-order valence-corrected chi connectivity index (χ4v) is 9.67. The Bertz CT molecular complexity index is 624. The van der Waals surface area contributed by atoms with E-state index in [-0.39, 0.29) is 6.10 Å². The first kappa shape index (κ1) is 22.9. The smallest absolute Gasteiger partial charge is 0.0543 e. The Morgan fingerprint density at radius 2 is 1.67 bits per heavy atom. The lowest BCUT2D eigenvalue weighted by molar-refractivity contribution is -0.129. The molecule has 172 valence electrons. The molecule has 30 heavy (non-hydrogen) atoms. The molecule has 4 aliphatic carbocycles. The topological polar surface area (TPSA) is 20.2 Å². The van der Waals surface area contributed by atoms with E-state index in [1.165, 1.54) is 69.8 Å². The highest BCUT2D eigenvalue weighted by atomic mass is 16.3. The number of rotatable bonds is 6. The van der Waals surface area contributed by atoms with Crippen molar-refractivity contribution >= 4 is 0 Å². The van der Waals surface area contributed by atoms with Gasteiger partial charge in [0.25, 0.3) is 0 Å². The third kappa shape index (κ3) is 3.74. The Morgan fingerprint density at radius 1 is 0.967 bits per heavy atom. The van der Waals surface area contributed by atoms with E-state index in [1.807, 2.05) is 0 Å². The molecule has 0 heterocycles. The molecular weight excluding hydrogens is 364 g/mol. The van der Waals surface area contributed by atoms with Crippen molar-refractivity contribution in [3.8, 4) is 0 Å². The van der Waals surface area contributed by atoms with Crippen molar-refractivity contribution in [1.29, 1.82) is 0 Å². The van der Waals surface area contributed by atoms with Crippen LogP contribution < -0.4 is 0 Å². The molecule has 0 spiro atoms. The van der Waals surface area contributed by atoms with Crippen molar-refractivity contribution in [3.63, 3.8) is 0 Å². The summed E-state index contributed by atoms with van der Waals surface area (Å²) in [5.41, 5.74) is 2.50. The van der Waals surface area contributed by atoms with Gasteiger partial charge in [-0.3, -0.25) is 0 Å². The normalized spacial score (nSPS) is 47.7. The molecule has 0 aromatic rings. The van der Waals surface area contributed by atoms with Crippen LogP contribution >= 0.6 is 0 Å². The first-order chi connectivity index (χ1) is 14.2. The summed E-state index contributed by atoms with van der Waals surface area (Å²) in [6.07, 6.45) is 16.1. The van der Waals surface area contributed by atoms with Gasteiger partial charge in [0, 0.05) is 0 Å². The number of aliphatic hydroxyl groups excluding tert-OH is 1. The molecule has 0 radical (unpaired) electrons. The van der Waals surface area contributed by atoms with Crippen LogP contribution in [-0.2, 0) is 0 Å². The maximum atomic E-state index is 10.3. The predicted octanol–water partition coefficient (Wildman–Crippen LogP) is 8.02. The molecule has 0 bridgehead atoms. The molecule has 0 aliphatic heterocycles. The molecule has 4 saturated carbocycles. The second kappa shape index (κ2) is 8.57. The number of allylic oxidation sites excluding steroid dienone is 1. The van der Waals surface area contributed by atoms with Crippen LogP contribution in [0.2, 0.25) is 0 Å². The molecule has 0 aromatic carbocycles. The van der Waals surface area contributed by atoms with Gasteiger partial charge in [0.1, 0.15) is 0 Å². The fraction of sp³-hybridized carbons (Fsp3) is 0.931. The Kier molecular flexibility index (Phi) is 6.53. The summed E-state index contributed by atoms with van der Waals surface area (Å²) in [6, 6.07) is 0. The van der Waals surface area contributed by atoms with Gasteiger partial charge in [-0.15, -0.1) is 0 Å². The third-order valence-electron chi connectivity index (χ3n) is 11.6. The molecule has 0 saturated heterocycles. The van der Waals surface area contributed by atoms with Crippen LogP contribution in [0.15, 0.2) is 12.2 Å². The minimum atomic E-state index is -0.0173. The van der Waals surface area contributed by atoms with Crippen molar-refractivity contribution in [3.05, 3.63) is 12.2 Å².